The maximum atomic E-state index is 5.35. The number of hydrogen-bond acceptors (Lipinski definition) is 2. The molecule has 2 heteroatoms. The zero-order valence-electron chi connectivity index (χ0n) is 6.22. The fourth-order valence-electron chi connectivity index (χ4n) is 2.14. The van der Waals surface area contributed by atoms with Crippen LogP contribution in [0.3, 0.4) is 0 Å². The lowest BCUT2D eigenvalue weighted by atomic mass is 9.83. The maximum absolute atomic E-state index is 5.35. The first-order valence-corrected chi connectivity index (χ1v) is 4.30. The summed E-state index contributed by atoms with van der Waals surface area (Å²) in [6.07, 6.45) is 3.90. The van der Waals surface area contributed by atoms with Gasteiger partial charge in [0.15, 0.2) is 5.05 Å². The minimum atomic E-state index is 0.414. The van der Waals surface area contributed by atoms with E-state index in [4.69, 9.17) is 17.0 Å². The highest BCUT2D eigenvalue weighted by Gasteiger charge is 2.47. The van der Waals surface area contributed by atoms with Crippen LogP contribution in [0.5, 0.6) is 0 Å². The molecule has 0 aromatic rings. The molecule has 0 N–H and O–H groups in total. The van der Waals surface area contributed by atoms with Gasteiger partial charge in [0.1, 0.15) is 0 Å². The van der Waals surface area contributed by atoms with Crippen LogP contribution in [0.4, 0.5) is 0 Å². The normalized spacial score (nSPS) is 45.3. The van der Waals surface area contributed by atoms with E-state index in [2.05, 4.69) is 6.92 Å². The molecule has 0 unspecified atom stereocenters. The second-order valence-corrected chi connectivity index (χ2v) is 4.11. The minimum Gasteiger partial charge on any atom is -0.486 e. The number of fused-ring (bicyclic) bond motifs is 1. The topological polar surface area (TPSA) is 9.23 Å². The van der Waals surface area contributed by atoms with E-state index in [1.807, 2.05) is 0 Å². The van der Waals surface area contributed by atoms with Crippen molar-refractivity contribution in [1.82, 2.24) is 0 Å². The Bertz CT molecular complexity index is 178. The Morgan fingerprint density at radius 1 is 1.70 bits per heavy atom. The van der Waals surface area contributed by atoms with Gasteiger partial charge >= 0.3 is 0 Å². The predicted molar refractivity (Wildman–Crippen MR) is 44.0 cm³/mol. The first-order chi connectivity index (χ1) is 4.72. The first-order valence-electron chi connectivity index (χ1n) is 3.89. The van der Waals surface area contributed by atoms with Crippen LogP contribution < -0.4 is 0 Å². The van der Waals surface area contributed by atoms with E-state index in [1.165, 1.54) is 19.3 Å². The largest absolute Gasteiger partial charge is 0.486 e. The van der Waals surface area contributed by atoms with E-state index < -0.39 is 0 Å². The van der Waals surface area contributed by atoms with Crippen LogP contribution in [-0.4, -0.2) is 11.7 Å². The number of hydrogen-bond donors (Lipinski definition) is 0. The van der Waals surface area contributed by atoms with Crippen LogP contribution in [0.1, 0.15) is 26.2 Å². The van der Waals surface area contributed by atoms with Gasteiger partial charge in [0.2, 0.25) is 0 Å². The molecule has 10 heavy (non-hydrogen) atoms. The molecule has 2 atom stereocenters. The smallest absolute Gasteiger partial charge is 0.163 e. The zero-order valence-corrected chi connectivity index (χ0v) is 7.04. The van der Waals surface area contributed by atoms with Crippen molar-refractivity contribution in [2.45, 2.75) is 26.2 Å². The monoisotopic (exact) mass is 156 g/mol. The molecule has 0 aromatic carbocycles. The van der Waals surface area contributed by atoms with Crippen molar-refractivity contribution in [1.29, 1.82) is 0 Å². The van der Waals surface area contributed by atoms with Gasteiger partial charge in [-0.05, 0) is 25.1 Å². The van der Waals surface area contributed by atoms with Gasteiger partial charge in [-0.15, -0.1) is 0 Å². The second kappa shape index (κ2) is 1.94. The lowest BCUT2D eigenvalue weighted by Gasteiger charge is -2.18. The summed E-state index contributed by atoms with van der Waals surface area (Å²) in [5.74, 6) is 0.600. The van der Waals surface area contributed by atoms with E-state index in [0.29, 0.717) is 11.3 Å². The van der Waals surface area contributed by atoms with Crippen LogP contribution in [0.25, 0.3) is 0 Å². The summed E-state index contributed by atoms with van der Waals surface area (Å²) in [6.45, 7) is 3.17. The third-order valence-corrected chi connectivity index (χ3v) is 3.31. The standard InChI is InChI=1S/C8H12OS/c1-8-4-2-3-6(8)7(10)9-5-8/h6H,2-5H2,1H3/t6-,8+/m1/s1. The highest BCUT2D eigenvalue weighted by atomic mass is 32.1. The summed E-state index contributed by atoms with van der Waals surface area (Å²) < 4.78 is 5.35. The summed E-state index contributed by atoms with van der Waals surface area (Å²) >= 11 is 5.11. The molecule has 1 saturated heterocycles. The van der Waals surface area contributed by atoms with Gasteiger partial charge in [-0.2, -0.15) is 0 Å². The molecule has 0 radical (unpaired) electrons. The third kappa shape index (κ3) is 0.715. The molecule has 1 saturated carbocycles. The first kappa shape index (κ1) is 6.59. The number of rotatable bonds is 0. The summed E-state index contributed by atoms with van der Waals surface area (Å²) in [5.41, 5.74) is 0.414. The molecule has 1 aliphatic carbocycles. The molecule has 0 amide bonds. The summed E-state index contributed by atoms with van der Waals surface area (Å²) in [5, 5.41) is 0.875. The van der Waals surface area contributed by atoms with Crippen LogP contribution in [-0.2, 0) is 4.74 Å². The van der Waals surface area contributed by atoms with E-state index in [1.54, 1.807) is 0 Å². The quantitative estimate of drug-likeness (QED) is 0.497. The molecule has 2 fully saturated rings. The molecule has 2 rings (SSSR count). The summed E-state index contributed by atoms with van der Waals surface area (Å²) in [7, 11) is 0. The SMILES string of the molecule is C[C@@]12CCC[C@@H]1C(=S)OC2. The predicted octanol–water partition coefficient (Wildman–Crippen LogP) is 2.15. The van der Waals surface area contributed by atoms with Gasteiger partial charge in [-0.1, -0.05) is 13.3 Å². The van der Waals surface area contributed by atoms with Gasteiger partial charge in [-0.3, -0.25) is 0 Å². The minimum absolute atomic E-state index is 0.414. The fraction of sp³-hybridized carbons (Fsp3) is 0.875. The Kier molecular flexibility index (Phi) is 1.28. The van der Waals surface area contributed by atoms with Crippen molar-refractivity contribution < 1.29 is 4.74 Å². The van der Waals surface area contributed by atoms with Gasteiger partial charge in [0.25, 0.3) is 0 Å². The lowest BCUT2D eigenvalue weighted by Crippen LogP contribution is -2.20. The Labute approximate surface area is 66.8 Å². The molecule has 56 valence electrons. The van der Waals surface area contributed by atoms with Crippen LogP contribution >= 0.6 is 12.2 Å². The Balaban J connectivity index is 2.27. The van der Waals surface area contributed by atoms with Gasteiger partial charge in [-0.25, -0.2) is 0 Å². The highest BCUT2D eigenvalue weighted by molar-refractivity contribution is 7.80. The van der Waals surface area contributed by atoms with E-state index in [-0.39, 0.29) is 0 Å². The van der Waals surface area contributed by atoms with Crippen molar-refractivity contribution in [3.8, 4) is 0 Å². The molecule has 1 heterocycles. The van der Waals surface area contributed by atoms with Gasteiger partial charge < -0.3 is 4.74 Å². The van der Waals surface area contributed by atoms with Crippen molar-refractivity contribution in [3.05, 3.63) is 0 Å². The van der Waals surface area contributed by atoms with Crippen molar-refractivity contribution >= 4 is 17.3 Å². The Morgan fingerprint density at radius 3 is 3.20 bits per heavy atom. The highest BCUT2D eigenvalue weighted by Crippen LogP contribution is 2.48. The van der Waals surface area contributed by atoms with E-state index in [0.717, 1.165) is 11.7 Å². The summed E-state index contributed by atoms with van der Waals surface area (Å²) in [4.78, 5) is 0. The molecule has 1 nitrogen and oxygen atoms in total. The van der Waals surface area contributed by atoms with E-state index >= 15 is 0 Å². The number of ether oxygens (including phenoxy) is 1. The average Bonchev–Trinajstić information content (AvgIpc) is 2.35. The Morgan fingerprint density at radius 2 is 2.50 bits per heavy atom. The molecular weight excluding hydrogens is 144 g/mol. The average molecular weight is 156 g/mol. The van der Waals surface area contributed by atoms with Gasteiger partial charge in [0, 0.05) is 11.3 Å². The van der Waals surface area contributed by atoms with Crippen LogP contribution in [0.15, 0.2) is 0 Å². The van der Waals surface area contributed by atoms with Crippen molar-refractivity contribution in [3.63, 3.8) is 0 Å². The third-order valence-electron chi connectivity index (χ3n) is 2.91. The molecule has 0 aromatic heterocycles. The van der Waals surface area contributed by atoms with Gasteiger partial charge in [0.05, 0.1) is 6.61 Å². The molecular formula is C8H12OS. The molecule has 0 bridgehead atoms. The molecule has 2 aliphatic rings. The molecule has 0 spiro atoms. The fourth-order valence-corrected chi connectivity index (χ4v) is 2.61. The van der Waals surface area contributed by atoms with Crippen molar-refractivity contribution in [2.24, 2.45) is 11.3 Å². The zero-order chi connectivity index (χ0) is 7.19. The van der Waals surface area contributed by atoms with Crippen LogP contribution in [0, 0.1) is 11.3 Å². The Hall–Kier alpha value is -0.110. The van der Waals surface area contributed by atoms with Crippen molar-refractivity contribution in [2.75, 3.05) is 6.61 Å². The number of thiocarbonyl (C=S) groups is 1. The van der Waals surface area contributed by atoms with E-state index in [9.17, 15) is 0 Å². The van der Waals surface area contributed by atoms with Crippen LogP contribution in [0.2, 0.25) is 0 Å². The molecule has 1 aliphatic heterocycles. The lowest BCUT2D eigenvalue weighted by molar-refractivity contribution is 0.213. The summed E-state index contributed by atoms with van der Waals surface area (Å²) in [6, 6.07) is 0. The second-order valence-electron chi connectivity index (χ2n) is 3.71. The maximum Gasteiger partial charge on any atom is 0.163 e.